The number of hydrogen-bond donors (Lipinski definition) is 3. The molecule has 0 aliphatic carbocycles. The molecular weight excluding hydrogens is 267 g/mol. The standard InChI is InChI=1S/C8H8O3.AsH3O3/c9-8(10)6-11-7-4-2-1-3-5-7;2-1(3)4/h1-5H,6H2,(H,9,10);1H,(H2,2,3,4). The summed E-state index contributed by atoms with van der Waals surface area (Å²) < 4.78 is 28.1. The van der Waals surface area contributed by atoms with Crippen LogP contribution in [0.5, 0.6) is 5.75 Å². The normalized spacial score (nSPS) is 9.00. The molecule has 0 heterocycles. The quantitative estimate of drug-likeness (QED) is 0.630. The Morgan fingerprint density at radius 1 is 1.27 bits per heavy atom. The first kappa shape index (κ1) is 13.8. The van der Waals surface area contributed by atoms with Gasteiger partial charge in [-0.1, -0.05) is 18.2 Å². The second kappa shape index (κ2) is 8.11. The predicted octanol–water partition coefficient (Wildman–Crippen LogP) is -0.731. The van der Waals surface area contributed by atoms with E-state index in [2.05, 4.69) is 0 Å². The van der Waals surface area contributed by atoms with Crippen molar-refractivity contribution in [3.8, 4) is 5.75 Å². The van der Waals surface area contributed by atoms with E-state index in [1.165, 1.54) is 0 Å². The number of aliphatic carboxylic acids is 1. The molecule has 0 saturated heterocycles. The minimum absolute atomic E-state index is 0.288. The van der Waals surface area contributed by atoms with Crippen LogP contribution in [0.2, 0.25) is 0 Å². The van der Waals surface area contributed by atoms with Gasteiger partial charge in [0.25, 0.3) is 0 Å². The molecule has 0 aliphatic heterocycles. The average molecular weight is 278 g/mol. The summed E-state index contributed by atoms with van der Waals surface area (Å²) in [5, 5.41) is 8.25. The fourth-order valence-electron chi connectivity index (χ4n) is 0.662. The average Bonchev–Trinajstić information content (AvgIpc) is 2.15. The van der Waals surface area contributed by atoms with Crippen molar-refractivity contribution < 1.29 is 26.6 Å². The molecule has 15 heavy (non-hydrogen) atoms. The van der Waals surface area contributed by atoms with E-state index in [9.17, 15) is 4.79 Å². The van der Waals surface area contributed by atoms with Gasteiger partial charge in [-0.2, -0.15) is 0 Å². The minimum atomic E-state index is -3.58. The third-order valence-electron chi connectivity index (χ3n) is 1.11. The van der Waals surface area contributed by atoms with Gasteiger partial charge >= 0.3 is 33.2 Å². The number of carbonyl (C=O) groups is 1. The van der Waals surface area contributed by atoms with E-state index in [4.69, 9.17) is 21.8 Å². The molecule has 0 aliphatic rings. The monoisotopic (exact) mass is 278 g/mol. The van der Waals surface area contributed by atoms with Crippen molar-refractivity contribution in [2.45, 2.75) is 0 Å². The van der Waals surface area contributed by atoms with E-state index in [-0.39, 0.29) is 6.61 Å². The Balaban J connectivity index is 0.000000423. The molecule has 0 bridgehead atoms. The molecular formula is C8H11AsO6. The maximum atomic E-state index is 10.0. The molecule has 6 nitrogen and oxygen atoms in total. The van der Waals surface area contributed by atoms with Gasteiger partial charge in [-0.15, -0.1) is 0 Å². The predicted molar refractivity (Wildman–Crippen MR) is 51.8 cm³/mol. The second-order valence-electron chi connectivity index (χ2n) is 2.28. The van der Waals surface area contributed by atoms with E-state index >= 15 is 0 Å². The zero-order valence-corrected chi connectivity index (χ0v) is 9.76. The molecule has 1 aromatic rings. The van der Waals surface area contributed by atoms with Crippen LogP contribution in [0, 0.1) is 0 Å². The summed E-state index contributed by atoms with van der Waals surface area (Å²) in [6.07, 6.45) is 0. The van der Waals surface area contributed by atoms with Crippen molar-refractivity contribution >= 4 is 21.2 Å². The third-order valence-corrected chi connectivity index (χ3v) is 1.11. The Morgan fingerprint density at radius 2 is 1.73 bits per heavy atom. The van der Waals surface area contributed by atoms with Gasteiger partial charge in [-0.05, 0) is 12.1 Å². The van der Waals surface area contributed by atoms with Crippen LogP contribution in [-0.2, 0) is 8.53 Å². The topological polar surface area (TPSA) is 104 Å². The number of benzene rings is 1. The van der Waals surface area contributed by atoms with Gasteiger partial charge in [0.05, 0.1) is 0 Å². The number of ether oxygens (including phenoxy) is 1. The summed E-state index contributed by atoms with van der Waals surface area (Å²) >= 11 is -3.58. The van der Waals surface area contributed by atoms with Crippen molar-refractivity contribution in [3.63, 3.8) is 0 Å². The second-order valence-corrected chi connectivity index (χ2v) is 3.46. The molecule has 84 valence electrons. The zero-order valence-electron chi connectivity index (χ0n) is 7.66. The Bertz CT molecular complexity index is 308. The van der Waals surface area contributed by atoms with E-state index in [0.717, 1.165) is 0 Å². The summed E-state index contributed by atoms with van der Waals surface area (Å²) in [5.41, 5.74) is 0. The first-order valence-corrected chi connectivity index (χ1v) is 6.57. The van der Waals surface area contributed by atoms with Crippen LogP contribution in [0.15, 0.2) is 30.3 Å². The molecule has 0 amide bonds. The van der Waals surface area contributed by atoms with Gasteiger partial charge in [0.1, 0.15) is 5.75 Å². The van der Waals surface area contributed by atoms with Crippen molar-refractivity contribution in [1.29, 1.82) is 0 Å². The van der Waals surface area contributed by atoms with Crippen molar-refractivity contribution in [3.05, 3.63) is 30.3 Å². The Hall–Kier alpha value is -1.23. The van der Waals surface area contributed by atoms with Crippen LogP contribution >= 0.6 is 0 Å². The van der Waals surface area contributed by atoms with Crippen LogP contribution in [0.4, 0.5) is 0 Å². The Kier molecular flexibility index (Phi) is 7.44. The molecule has 0 saturated carbocycles. The number of rotatable bonds is 3. The Labute approximate surface area is 90.9 Å². The molecule has 0 radical (unpaired) electrons. The molecule has 0 spiro atoms. The Morgan fingerprint density at radius 3 is 2.13 bits per heavy atom. The van der Waals surface area contributed by atoms with E-state index in [1.807, 2.05) is 6.07 Å². The van der Waals surface area contributed by atoms with E-state index in [1.54, 1.807) is 24.3 Å². The first-order chi connectivity index (χ1) is 7.02. The van der Waals surface area contributed by atoms with Crippen LogP contribution in [-0.4, -0.2) is 41.1 Å². The maximum absolute atomic E-state index is 10.0. The molecule has 3 N–H and O–H groups in total. The third kappa shape index (κ3) is 10.7. The van der Waals surface area contributed by atoms with Gasteiger partial charge in [-0.25, -0.2) is 4.79 Å². The molecule has 0 atom stereocenters. The van der Waals surface area contributed by atoms with Crippen LogP contribution in [0.3, 0.4) is 0 Å². The van der Waals surface area contributed by atoms with Crippen molar-refractivity contribution in [1.82, 2.24) is 0 Å². The van der Waals surface area contributed by atoms with Crippen molar-refractivity contribution in [2.24, 2.45) is 0 Å². The number of carboxylic acid groups (broad SMARTS) is 1. The van der Waals surface area contributed by atoms with Gasteiger partial charge in [-0.3, -0.25) is 0 Å². The summed E-state index contributed by atoms with van der Waals surface area (Å²) in [6, 6.07) is 8.84. The summed E-state index contributed by atoms with van der Waals surface area (Å²) in [6.45, 7) is -0.288. The number of carboxylic acids is 1. The molecule has 1 aromatic carbocycles. The van der Waals surface area contributed by atoms with Crippen LogP contribution < -0.4 is 4.74 Å². The van der Waals surface area contributed by atoms with Gasteiger partial charge in [0.2, 0.25) is 0 Å². The zero-order chi connectivity index (χ0) is 11.7. The summed E-state index contributed by atoms with van der Waals surface area (Å²) in [4.78, 5) is 10.0. The molecule has 0 fully saturated rings. The summed E-state index contributed by atoms with van der Waals surface area (Å²) in [5.74, 6) is -0.385. The van der Waals surface area contributed by atoms with Gasteiger partial charge in [0, 0.05) is 0 Å². The molecule has 7 heteroatoms. The van der Waals surface area contributed by atoms with Gasteiger partial charge in [0.15, 0.2) is 6.61 Å². The van der Waals surface area contributed by atoms with Gasteiger partial charge < -0.3 is 9.84 Å². The SMILES string of the molecule is O=C(O)COc1ccccc1.O=[AsH](O)O. The molecule has 1 rings (SSSR count). The fraction of sp³-hybridized carbons (Fsp3) is 0.125. The molecule has 0 unspecified atom stereocenters. The fourth-order valence-corrected chi connectivity index (χ4v) is 0.662. The molecule has 0 aromatic heterocycles. The summed E-state index contributed by atoms with van der Waals surface area (Å²) in [7, 11) is 0. The number of hydrogen-bond acceptors (Lipinski definition) is 3. The van der Waals surface area contributed by atoms with Crippen LogP contribution in [0.25, 0.3) is 0 Å². The van der Waals surface area contributed by atoms with E-state index < -0.39 is 21.2 Å². The van der Waals surface area contributed by atoms with Crippen molar-refractivity contribution in [2.75, 3.05) is 6.61 Å². The van der Waals surface area contributed by atoms with Crippen LogP contribution in [0.1, 0.15) is 0 Å². The van der Waals surface area contributed by atoms with E-state index in [0.29, 0.717) is 5.75 Å². The first-order valence-electron chi connectivity index (χ1n) is 3.84. The number of para-hydroxylation sites is 1.